The van der Waals surface area contributed by atoms with Crippen molar-refractivity contribution >= 4 is 45.6 Å². The standard InChI is InChI=1S/C21H22Cl2N2OS/c1-11-18(15-2-3-16(22)17(23)7-15)24-20(27-11)25-19(26)21-8-12-4-13(9-21)6-14(5-12)10-21/h2-3,7,12-14H,4-6,8-10H2,1H3,(H,24,25,26). The number of nitrogens with zero attached hydrogens (tertiary/aromatic N) is 1. The Balaban J connectivity index is 1.39. The molecule has 6 heteroatoms. The highest BCUT2D eigenvalue weighted by molar-refractivity contribution is 7.16. The van der Waals surface area contributed by atoms with Gasteiger partial charge in [0.25, 0.3) is 0 Å². The highest BCUT2D eigenvalue weighted by atomic mass is 35.5. The highest BCUT2D eigenvalue weighted by Crippen LogP contribution is 2.60. The summed E-state index contributed by atoms with van der Waals surface area (Å²) >= 11 is 13.7. The van der Waals surface area contributed by atoms with Crippen molar-refractivity contribution in [3.63, 3.8) is 0 Å². The first-order chi connectivity index (χ1) is 12.9. The largest absolute Gasteiger partial charge is 0.301 e. The van der Waals surface area contributed by atoms with Crippen molar-refractivity contribution in [1.29, 1.82) is 0 Å². The number of hydrogen-bond donors (Lipinski definition) is 1. The van der Waals surface area contributed by atoms with Gasteiger partial charge < -0.3 is 5.32 Å². The Hall–Kier alpha value is -1.10. The van der Waals surface area contributed by atoms with Crippen LogP contribution < -0.4 is 5.32 Å². The van der Waals surface area contributed by atoms with Gasteiger partial charge in [-0.2, -0.15) is 0 Å². The molecule has 1 heterocycles. The molecule has 27 heavy (non-hydrogen) atoms. The summed E-state index contributed by atoms with van der Waals surface area (Å²) in [5.41, 5.74) is 1.63. The van der Waals surface area contributed by atoms with Crippen LogP contribution in [0.25, 0.3) is 11.3 Å². The maximum atomic E-state index is 13.2. The van der Waals surface area contributed by atoms with E-state index in [1.807, 2.05) is 19.1 Å². The fourth-order valence-corrected chi connectivity index (χ4v) is 7.11. The Labute approximate surface area is 173 Å². The summed E-state index contributed by atoms with van der Waals surface area (Å²) in [7, 11) is 0. The number of rotatable bonds is 3. The van der Waals surface area contributed by atoms with Crippen LogP contribution in [0, 0.1) is 30.1 Å². The van der Waals surface area contributed by atoms with Gasteiger partial charge in [-0.1, -0.05) is 29.3 Å². The molecule has 1 amide bonds. The summed E-state index contributed by atoms with van der Waals surface area (Å²) in [5, 5.41) is 4.90. The number of thiazole rings is 1. The Morgan fingerprint density at radius 3 is 2.33 bits per heavy atom. The van der Waals surface area contributed by atoms with E-state index in [0.717, 1.165) is 53.2 Å². The number of carbonyl (C=O) groups is 1. The van der Waals surface area contributed by atoms with Crippen LogP contribution in [0.5, 0.6) is 0 Å². The van der Waals surface area contributed by atoms with Crippen molar-refractivity contribution in [3.8, 4) is 11.3 Å². The first-order valence-electron chi connectivity index (χ1n) is 9.66. The number of carbonyl (C=O) groups excluding carboxylic acids is 1. The second-order valence-electron chi connectivity index (χ2n) is 8.70. The van der Waals surface area contributed by atoms with E-state index in [0.29, 0.717) is 15.2 Å². The minimum absolute atomic E-state index is 0.155. The average Bonchev–Trinajstić information content (AvgIpc) is 2.96. The number of halogens is 2. The minimum Gasteiger partial charge on any atom is -0.301 e. The van der Waals surface area contributed by atoms with Gasteiger partial charge in [-0.3, -0.25) is 4.79 Å². The molecule has 4 aliphatic carbocycles. The molecule has 3 nitrogen and oxygen atoms in total. The van der Waals surface area contributed by atoms with Gasteiger partial charge in [-0.15, -0.1) is 11.3 Å². The van der Waals surface area contributed by atoms with E-state index in [9.17, 15) is 4.79 Å². The monoisotopic (exact) mass is 420 g/mol. The summed E-state index contributed by atoms with van der Waals surface area (Å²) in [6.45, 7) is 2.02. The van der Waals surface area contributed by atoms with Crippen molar-refractivity contribution in [2.45, 2.75) is 45.4 Å². The third kappa shape index (κ3) is 3.10. The fourth-order valence-electron chi connectivity index (χ4n) is 5.98. The zero-order chi connectivity index (χ0) is 18.8. The Bertz CT molecular complexity index is 888. The smallest absolute Gasteiger partial charge is 0.232 e. The molecule has 1 N–H and O–H groups in total. The predicted molar refractivity (Wildman–Crippen MR) is 112 cm³/mol. The topological polar surface area (TPSA) is 42.0 Å². The molecule has 2 aromatic rings. The molecule has 0 unspecified atom stereocenters. The Kier molecular flexibility index (Phi) is 4.30. The van der Waals surface area contributed by atoms with Crippen LogP contribution in [0.3, 0.4) is 0 Å². The van der Waals surface area contributed by atoms with Crippen LogP contribution in [-0.2, 0) is 4.79 Å². The van der Waals surface area contributed by atoms with E-state index in [2.05, 4.69) is 5.32 Å². The van der Waals surface area contributed by atoms with E-state index >= 15 is 0 Å². The van der Waals surface area contributed by atoms with Crippen LogP contribution in [0.4, 0.5) is 5.13 Å². The van der Waals surface area contributed by atoms with Crippen LogP contribution >= 0.6 is 34.5 Å². The second-order valence-corrected chi connectivity index (χ2v) is 10.7. The SMILES string of the molecule is Cc1sc(NC(=O)C23CC4CC(CC(C4)C2)C3)nc1-c1ccc(Cl)c(Cl)c1. The number of anilines is 1. The van der Waals surface area contributed by atoms with Crippen LogP contribution in [0.1, 0.15) is 43.4 Å². The lowest BCUT2D eigenvalue weighted by Crippen LogP contribution is -2.51. The third-order valence-corrected chi connectivity index (χ3v) is 8.36. The second kappa shape index (κ2) is 6.47. The van der Waals surface area contributed by atoms with Gasteiger partial charge in [-0.05, 0) is 75.3 Å². The molecule has 0 aliphatic heterocycles. The van der Waals surface area contributed by atoms with Crippen LogP contribution in [0.15, 0.2) is 18.2 Å². The lowest BCUT2D eigenvalue weighted by Gasteiger charge is -2.55. The molecule has 0 radical (unpaired) electrons. The first-order valence-corrected chi connectivity index (χ1v) is 11.2. The lowest BCUT2D eigenvalue weighted by molar-refractivity contribution is -0.140. The van der Waals surface area contributed by atoms with Gasteiger partial charge in [0, 0.05) is 10.4 Å². The van der Waals surface area contributed by atoms with E-state index in [-0.39, 0.29) is 11.3 Å². The summed E-state index contributed by atoms with van der Waals surface area (Å²) in [6.07, 6.45) is 7.21. The molecule has 6 rings (SSSR count). The summed E-state index contributed by atoms with van der Waals surface area (Å²) in [6, 6.07) is 5.53. The molecule has 4 aliphatic rings. The third-order valence-electron chi connectivity index (χ3n) is 6.73. The predicted octanol–water partition coefficient (Wildman–Crippen LogP) is 6.58. The molecule has 0 saturated heterocycles. The van der Waals surface area contributed by atoms with Crippen LogP contribution in [-0.4, -0.2) is 10.9 Å². The van der Waals surface area contributed by atoms with Gasteiger partial charge in [0.2, 0.25) is 5.91 Å². The van der Waals surface area contributed by atoms with Gasteiger partial charge >= 0.3 is 0 Å². The molecule has 0 spiro atoms. The molecule has 4 saturated carbocycles. The van der Waals surface area contributed by atoms with Crippen molar-refractivity contribution < 1.29 is 4.79 Å². The van der Waals surface area contributed by atoms with E-state index in [1.54, 1.807) is 6.07 Å². The zero-order valence-electron chi connectivity index (χ0n) is 15.2. The molecule has 4 bridgehead atoms. The molecular formula is C21H22Cl2N2OS. The average molecular weight is 421 g/mol. The number of aromatic nitrogens is 1. The zero-order valence-corrected chi connectivity index (χ0v) is 17.6. The Morgan fingerprint density at radius 2 is 1.74 bits per heavy atom. The highest BCUT2D eigenvalue weighted by Gasteiger charge is 2.54. The molecule has 142 valence electrons. The number of hydrogen-bond acceptors (Lipinski definition) is 3. The molecule has 4 fully saturated rings. The summed E-state index contributed by atoms with van der Waals surface area (Å²) < 4.78 is 0. The van der Waals surface area contributed by atoms with E-state index in [4.69, 9.17) is 28.2 Å². The van der Waals surface area contributed by atoms with Crippen LogP contribution in [0.2, 0.25) is 10.0 Å². The number of nitrogens with one attached hydrogen (secondary N) is 1. The summed E-state index contributed by atoms with van der Waals surface area (Å²) in [5.74, 6) is 2.46. The van der Waals surface area contributed by atoms with E-state index in [1.165, 1.54) is 30.6 Å². The van der Waals surface area contributed by atoms with Crippen molar-refractivity contribution in [2.24, 2.45) is 23.2 Å². The number of benzene rings is 1. The van der Waals surface area contributed by atoms with Gasteiger partial charge in [0.15, 0.2) is 5.13 Å². The fraction of sp³-hybridized carbons (Fsp3) is 0.524. The maximum absolute atomic E-state index is 13.2. The molecular weight excluding hydrogens is 399 g/mol. The minimum atomic E-state index is -0.155. The first kappa shape index (κ1) is 18.0. The molecule has 0 atom stereocenters. The van der Waals surface area contributed by atoms with Gasteiger partial charge in [-0.25, -0.2) is 4.98 Å². The molecule has 1 aromatic heterocycles. The maximum Gasteiger partial charge on any atom is 0.232 e. The van der Waals surface area contributed by atoms with Crippen molar-refractivity contribution in [1.82, 2.24) is 4.98 Å². The number of amides is 1. The van der Waals surface area contributed by atoms with Crippen molar-refractivity contribution in [3.05, 3.63) is 33.1 Å². The summed E-state index contributed by atoms with van der Waals surface area (Å²) in [4.78, 5) is 19.0. The Morgan fingerprint density at radius 1 is 1.11 bits per heavy atom. The van der Waals surface area contributed by atoms with E-state index < -0.39 is 0 Å². The van der Waals surface area contributed by atoms with Gasteiger partial charge in [0.1, 0.15) is 0 Å². The molecule has 1 aromatic carbocycles. The lowest BCUT2D eigenvalue weighted by atomic mass is 9.49. The van der Waals surface area contributed by atoms with Crippen molar-refractivity contribution in [2.75, 3.05) is 5.32 Å². The normalized spacial score (nSPS) is 31.3. The van der Waals surface area contributed by atoms with Gasteiger partial charge in [0.05, 0.1) is 21.2 Å². The number of aryl methyl sites for hydroxylation is 1. The quantitative estimate of drug-likeness (QED) is 0.608.